The summed E-state index contributed by atoms with van der Waals surface area (Å²) >= 11 is 0. The van der Waals surface area contributed by atoms with Crippen LogP contribution in [0.3, 0.4) is 0 Å². The Labute approximate surface area is 126 Å². The third-order valence-electron chi connectivity index (χ3n) is 3.98. The summed E-state index contributed by atoms with van der Waals surface area (Å²) in [6, 6.07) is 6.34. The van der Waals surface area contributed by atoms with E-state index in [4.69, 9.17) is 9.26 Å². The minimum Gasteiger partial charge on any atom is -0.434 e. The SMILES string of the molecule is COC(C)(c1nc(-c2ccccc2OC(F)F)no1)C1CC1. The molecule has 1 aliphatic rings. The molecule has 0 aliphatic heterocycles. The zero-order chi connectivity index (χ0) is 15.7. The maximum atomic E-state index is 12.5. The van der Waals surface area contributed by atoms with Crippen molar-refractivity contribution in [1.29, 1.82) is 0 Å². The Morgan fingerprint density at radius 3 is 2.68 bits per heavy atom. The lowest BCUT2D eigenvalue weighted by Gasteiger charge is -2.23. The smallest absolute Gasteiger partial charge is 0.387 e. The Morgan fingerprint density at radius 2 is 2.05 bits per heavy atom. The van der Waals surface area contributed by atoms with Crippen LogP contribution >= 0.6 is 0 Å². The van der Waals surface area contributed by atoms with Gasteiger partial charge in [0.15, 0.2) is 0 Å². The van der Waals surface area contributed by atoms with E-state index >= 15 is 0 Å². The molecule has 1 aliphatic carbocycles. The average molecular weight is 310 g/mol. The first-order valence-electron chi connectivity index (χ1n) is 6.98. The highest BCUT2D eigenvalue weighted by molar-refractivity contribution is 5.63. The van der Waals surface area contributed by atoms with Crippen molar-refractivity contribution < 1.29 is 22.8 Å². The summed E-state index contributed by atoms with van der Waals surface area (Å²) < 4.78 is 40.3. The lowest BCUT2D eigenvalue weighted by molar-refractivity contribution is -0.0494. The van der Waals surface area contributed by atoms with E-state index in [0.717, 1.165) is 12.8 Å². The third kappa shape index (κ3) is 2.68. The molecule has 1 aromatic heterocycles. The molecular formula is C15H16F2N2O3. The fraction of sp³-hybridized carbons (Fsp3) is 0.467. The highest BCUT2D eigenvalue weighted by Crippen LogP contribution is 2.47. The molecule has 0 N–H and O–H groups in total. The van der Waals surface area contributed by atoms with Gasteiger partial charge in [-0.05, 0) is 37.8 Å². The molecule has 1 fully saturated rings. The van der Waals surface area contributed by atoms with Crippen LogP contribution in [-0.2, 0) is 10.3 Å². The molecule has 1 saturated carbocycles. The van der Waals surface area contributed by atoms with E-state index in [-0.39, 0.29) is 11.6 Å². The number of hydrogen-bond acceptors (Lipinski definition) is 5. The van der Waals surface area contributed by atoms with Gasteiger partial charge < -0.3 is 14.0 Å². The van der Waals surface area contributed by atoms with E-state index in [1.165, 1.54) is 6.07 Å². The molecule has 0 spiro atoms. The fourth-order valence-electron chi connectivity index (χ4n) is 2.45. The molecule has 0 amide bonds. The molecule has 3 rings (SSSR count). The average Bonchev–Trinajstić information content (AvgIpc) is 3.24. The Balaban J connectivity index is 1.94. The van der Waals surface area contributed by atoms with Crippen molar-refractivity contribution in [3.8, 4) is 17.1 Å². The topological polar surface area (TPSA) is 57.4 Å². The zero-order valence-electron chi connectivity index (χ0n) is 12.3. The van der Waals surface area contributed by atoms with E-state index < -0.39 is 12.2 Å². The summed E-state index contributed by atoms with van der Waals surface area (Å²) in [4.78, 5) is 4.32. The molecule has 118 valence electrons. The van der Waals surface area contributed by atoms with Crippen LogP contribution < -0.4 is 4.74 Å². The number of halogens is 2. The van der Waals surface area contributed by atoms with Crippen LogP contribution in [0.2, 0.25) is 0 Å². The van der Waals surface area contributed by atoms with Crippen LogP contribution in [0.4, 0.5) is 8.78 Å². The molecule has 1 unspecified atom stereocenters. The van der Waals surface area contributed by atoms with Gasteiger partial charge in [-0.1, -0.05) is 17.3 Å². The standard InChI is InChI=1S/C15H16F2N2O3/c1-15(20-2,9-7-8-9)13-18-12(19-22-13)10-5-3-4-6-11(10)21-14(16)17/h3-6,9,14H,7-8H2,1-2H3. The molecular weight excluding hydrogens is 294 g/mol. The molecule has 22 heavy (non-hydrogen) atoms. The van der Waals surface area contributed by atoms with Crippen molar-refractivity contribution in [2.75, 3.05) is 7.11 Å². The van der Waals surface area contributed by atoms with Crippen molar-refractivity contribution in [3.63, 3.8) is 0 Å². The number of nitrogens with zero attached hydrogens (tertiary/aromatic N) is 2. The van der Waals surface area contributed by atoms with Crippen LogP contribution in [0.5, 0.6) is 5.75 Å². The van der Waals surface area contributed by atoms with Gasteiger partial charge in [-0.25, -0.2) is 0 Å². The van der Waals surface area contributed by atoms with Crippen molar-refractivity contribution in [2.24, 2.45) is 5.92 Å². The van der Waals surface area contributed by atoms with Crippen molar-refractivity contribution >= 4 is 0 Å². The van der Waals surface area contributed by atoms with Gasteiger partial charge in [0.25, 0.3) is 5.89 Å². The lowest BCUT2D eigenvalue weighted by atomic mass is 10.0. The molecule has 2 aromatic rings. The summed E-state index contributed by atoms with van der Waals surface area (Å²) in [5.41, 5.74) is -0.295. The summed E-state index contributed by atoms with van der Waals surface area (Å²) in [5.74, 6) is 0.892. The van der Waals surface area contributed by atoms with Gasteiger partial charge in [0.2, 0.25) is 5.82 Å². The maximum absolute atomic E-state index is 12.5. The lowest BCUT2D eigenvalue weighted by Crippen LogP contribution is -2.27. The molecule has 1 atom stereocenters. The van der Waals surface area contributed by atoms with Gasteiger partial charge in [-0.15, -0.1) is 0 Å². The van der Waals surface area contributed by atoms with Crippen LogP contribution in [0, 0.1) is 5.92 Å². The van der Waals surface area contributed by atoms with E-state index in [2.05, 4.69) is 14.9 Å². The summed E-state index contributed by atoms with van der Waals surface area (Å²) in [6.45, 7) is -1.02. The molecule has 1 aromatic carbocycles. The quantitative estimate of drug-likeness (QED) is 0.816. The second-order valence-electron chi connectivity index (χ2n) is 5.38. The number of methoxy groups -OCH3 is 1. The highest BCUT2D eigenvalue weighted by atomic mass is 19.3. The summed E-state index contributed by atoms with van der Waals surface area (Å²) in [7, 11) is 1.59. The number of aromatic nitrogens is 2. The van der Waals surface area contributed by atoms with E-state index in [1.807, 2.05) is 6.92 Å². The Kier molecular flexibility index (Phi) is 3.82. The molecule has 0 radical (unpaired) electrons. The van der Waals surface area contributed by atoms with Gasteiger partial charge in [-0.3, -0.25) is 0 Å². The summed E-state index contributed by atoms with van der Waals surface area (Å²) in [5, 5.41) is 3.89. The molecule has 1 heterocycles. The minimum atomic E-state index is -2.91. The predicted molar refractivity (Wildman–Crippen MR) is 73.5 cm³/mol. The van der Waals surface area contributed by atoms with Crippen LogP contribution in [0.1, 0.15) is 25.7 Å². The highest BCUT2D eigenvalue weighted by Gasteiger charge is 2.47. The second-order valence-corrected chi connectivity index (χ2v) is 5.38. The van der Waals surface area contributed by atoms with Crippen molar-refractivity contribution in [1.82, 2.24) is 10.1 Å². The Morgan fingerprint density at radius 1 is 1.32 bits per heavy atom. The van der Waals surface area contributed by atoms with E-state index in [9.17, 15) is 8.78 Å². The molecule has 7 heteroatoms. The van der Waals surface area contributed by atoms with E-state index in [0.29, 0.717) is 17.4 Å². The first kappa shape index (κ1) is 14.9. The number of alkyl halides is 2. The number of benzene rings is 1. The number of para-hydroxylation sites is 1. The van der Waals surface area contributed by atoms with Gasteiger partial charge in [0.05, 0.1) is 5.56 Å². The van der Waals surface area contributed by atoms with Gasteiger partial charge >= 0.3 is 6.61 Å². The van der Waals surface area contributed by atoms with Crippen LogP contribution in [0.25, 0.3) is 11.4 Å². The van der Waals surface area contributed by atoms with Gasteiger partial charge in [0.1, 0.15) is 11.4 Å². The zero-order valence-corrected chi connectivity index (χ0v) is 12.3. The first-order chi connectivity index (χ1) is 10.5. The monoisotopic (exact) mass is 310 g/mol. The van der Waals surface area contributed by atoms with Gasteiger partial charge in [0, 0.05) is 7.11 Å². The second kappa shape index (κ2) is 5.64. The van der Waals surface area contributed by atoms with Crippen LogP contribution in [0.15, 0.2) is 28.8 Å². The number of ether oxygens (including phenoxy) is 2. The predicted octanol–water partition coefficient (Wildman–Crippen LogP) is 3.61. The fourth-order valence-corrected chi connectivity index (χ4v) is 2.45. The van der Waals surface area contributed by atoms with Crippen molar-refractivity contribution in [2.45, 2.75) is 32.0 Å². The summed E-state index contributed by atoms with van der Waals surface area (Å²) in [6.07, 6.45) is 2.07. The number of hydrogen-bond donors (Lipinski definition) is 0. The van der Waals surface area contributed by atoms with Crippen molar-refractivity contribution in [3.05, 3.63) is 30.2 Å². The maximum Gasteiger partial charge on any atom is 0.387 e. The van der Waals surface area contributed by atoms with E-state index in [1.54, 1.807) is 25.3 Å². The normalized spacial score (nSPS) is 17.5. The largest absolute Gasteiger partial charge is 0.434 e. The Hall–Kier alpha value is -2.02. The molecule has 0 saturated heterocycles. The third-order valence-corrected chi connectivity index (χ3v) is 3.98. The van der Waals surface area contributed by atoms with Crippen LogP contribution in [-0.4, -0.2) is 23.9 Å². The van der Waals surface area contributed by atoms with Gasteiger partial charge in [-0.2, -0.15) is 13.8 Å². The number of rotatable bonds is 6. The Bertz CT molecular complexity index is 658. The molecule has 0 bridgehead atoms. The minimum absolute atomic E-state index is 0.00962. The first-order valence-corrected chi connectivity index (χ1v) is 6.98. The molecule has 5 nitrogen and oxygen atoms in total.